The van der Waals surface area contributed by atoms with Crippen LogP contribution in [-0.4, -0.2) is 62.5 Å². The molecular weight excluding hydrogens is 424 g/mol. The molecule has 0 aliphatic carbocycles. The van der Waals surface area contributed by atoms with E-state index in [9.17, 15) is 4.79 Å². The summed E-state index contributed by atoms with van der Waals surface area (Å²) in [6, 6.07) is 19.4. The first-order chi connectivity index (χ1) is 15.8. The number of hydrogen-bond donors (Lipinski definition) is 0. The summed E-state index contributed by atoms with van der Waals surface area (Å²) in [5.41, 5.74) is 0.919. The van der Waals surface area contributed by atoms with Gasteiger partial charge in [-0.1, -0.05) is 36.0 Å². The van der Waals surface area contributed by atoms with Crippen molar-refractivity contribution in [2.24, 2.45) is 0 Å². The van der Waals surface area contributed by atoms with Gasteiger partial charge in [0.15, 0.2) is 10.9 Å². The summed E-state index contributed by atoms with van der Waals surface area (Å²) in [7, 11) is 0. The first-order valence-electron chi connectivity index (χ1n) is 10.4. The van der Waals surface area contributed by atoms with E-state index in [1.165, 1.54) is 11.8 Å². The third-order valence-electron chi connectivity index (χ3n) is 5.32. The third kappa shape index (κ3) is 4.24. The van der Waals surface area contributed by atoms with Crippen molar-refractivity contribution in [1.82, 2.24) is 24.6 Å². The molecule has 9 heteroatoms. The number of rotatable bonds is 6. The standard InChI is InChI=1S/C23H22N6O2S/c30-21(28-14-12-27(13-15-28)20-10-4-5-11-24-20)17-32-23-26-25-22(19-9-6-16-31-19)29(23)18-7-2-1-3-8-18/h1-11,16H,12-15,17H2. The molecule has 0 spiro atoms. The average molecular weight is 447 g/mol. The Morgan fingerprint density at radius 1 is 0.938 bits per heavy atom. The van der Waals surface area contributed by atoms with E-state index in [1.807, 2.05) is 70.1 Å². The van der Waals surface area contributed by atoms with Crippen molar-refractivity contribution in [2.45, 2.75) is 5.16 Å². The Morgan fingerprint density at radius 2 is 1.75 bits per heavy atom. The molecule has 3 aromatic heterocycles. The zero-order valence-electron chi connectivity index (χ0n) is 17.4. The van der Waals surface area contributed by atoms with Crippen molar-refractivity contribution < 1.29 is 9.21 Å². The number of hydrogen-bond acceptors (Lipinski definition) is 7. The summed E-state index contributed by atoms with van der Waals surface area (Å²) in [6.07, 6.45) is 3.41. The van der Waals surface area contributed by atoms with Crippen molar-refractivity contribution in [3.05, 3.63) is 73.1 Å². The number of aromatic nitrogens is 4. The van der Waals surface area contributed by atoms with Crippen LogP contribution in [0, 0.1) is 0 Å². The van der Waals surface area contributed by atoms with Crippen molar-refractivity contribution in [2.75, 3.05) is 36.8 Å². The van der Waals surface area contributed by atoms with Crippen molar-refractivity contribution in [1.29, 1.82) is 0 Å². The Kier molecular flexibility index (Phi) is 5.89. The van der Waals surface area contributed by atoms with Gasteiger partial charge in [0.05, 0.1) is 12.0 Å². The van der Waals surface area contributed by atoms with Gasteiger partial charge in [-0.3, -0.25) is 9.36 Å². The summed E-state index contributed by atoms with van der Waals surface area (Å²) in [4.78, 5) is 21.4. The second-order valence-corrected chi connectivity index (χ2v) is 8.24. The fraction of sp³-hybridized carbons (Fsp3) is 0.217. The number of amides is 1. The number of carbonyl (C=O) groups excluding carboxylic acids is 1. The zero-order valence-corrected chi connectivity index (χ0v) is 18.2. The summed E-state index contributed by atoms with van der Waals surface area (Å²) in [5.74, 6) is 2.59. The molecule has 4 heterocycles. The first kappa shape index (κ1) is 20.3. The molecule has 162 valence electrons. The van der Waals surface area contributed by atoms with Crippen LogP contribution < -0.4 is 4.90 Å². The SMILES string of the molecule is O=C(CSc1nnc(-c2ccco2)n1-c1ccccc1)N1CCN(c2ccccn2)CC1. The Bertz CT molecular complexity index is 1160. The minimum absolute atomic E-state index is 0.0952. The number of pyridine rings is 1. The fourth-order valence-electron chi connectivity index (χ4n) is 3.68. The van der Waals surface area contributed by atoms with Crippen molar-refractivity contribution in [3.63, 3.8) is 0 Å². The highest BCUT2D eigenvalue weighted by Crippen LogP contribution is 2.28. The van der Waals surface area contributed by atoms with E-state index in [2.05, 4.69) is 20.1 Å². The molecule has 0 N–H and O–H groups in total. The van der Waals surface area contributed by atoms with Crippen LogP contribution >= 0.6 is 11.8 Å². The first-order valence-corrected chi connectivity index (χ1v) is 11.4. The number of piperazine rings is 1. The minimum atomic E-state index is 0.0952. The zero-order chi connectivity index (χ0) is 21.8. The summed E-state index contributed by atoms with van der Waals surface area (Å²) in [5, 5.41) is 9.33. The monoisotopic (exact) mass is 446 g/mol. The number of thioether (sulfide) groups is 1. The predicted molar refractivity (Wildman–Crippen MR) is 123 cm³/mol. The van der Waals surface area contributed by atoms with Crippen LogP contribution in [-0.2, 0) is 4.79 Å². The van der Waals surface area contributed by atoms with Crippen molar-refractivity contribution >= 4 is 23.5 Å². The summed E-state index contributed by atoms with van der Waals surface area (Å²) < 4.78 is 7.47. The van der Waals surface area contributed by atoms with Gasteiger partial charge in [-0.05, 0) is 36.4 Å². The van der Waals surface area contributed by atoms with Gasteiger partial charge in [0.1, 0.15) is 5.82 Å². The number of benzene rings is 1. The molecule has 0 bridgehead atoms. The number of para-hydroxylation sites is 1. The molecule has 0 radical (unpaired) electrons. The van der Waals surface area contributed by atoms with E-state index >= 15 is 0 Å². The lowest BCUT2D eigenvalue weighted by Crippen LogP contribution is -2.49. The van der Waals surface area contributed by atoms with E-state index in [0.717, 1.165) is 24.6 Å². The normalized spacial score (nSPS) is 14.0. The molecule has 0 atom stereocenters. The van der Waals surface area contributed by atoms with Crippen LogP contribution in [0.1, 0.15) is 0 Å². The molecule has 0 saturated carbocycles. The van der Waals surface area contributed by atoms with Gasteiger partial charge in [-0.2, -0.15) is 0 Å². The molecule has 1 aliphatic rings. The Hall–Kier alpha value is -3.59. The Labute approximate surface area is 189 Å². The molecule has 0 unspecified atom stereocenters. The lowest BCUT2D eigenvalue weighted by Gasteiger charge is -2.35. The predicted octanol–water partition coefficient (Wildman–Crippen LogP) is 3.36. The maximum absolute atomic E-state index is 12.9. The molecule has 8 nitrogen and oxygen atoms in total. The van der Waals surface area contributed by atoms with E-state index in [4.69, 9.17) is 4.42 Å². The minimum Gasteiger partial charge on any atom is -0.461 e. The highest BCUT2D eigenvalue weighted by Gasteiger charge is 2.24. The maximum atomic E-state index is 12.9. The van der Waals surface area contributed by atoms with E-state index in [1.54, 1.807) is 12.5 Å². The average Bonchev–Trinajstić information content (AvgIpc) is 3.54. The van der Waals surface area contributed by atoms with E-state index in [0.29, 0.717) is 35.6 Å². The third-order valence-corrected chi connectivity index (χ3v) is 6.23. The second-order valence-electron chi connectivity index (χ2n) is 7.30. The van der Waals surface area contributed by atoms with Crippen LogP contribution in [0.5, 0.6) is 0 Å². The lowest BCUT2D eigenvalue weighted by molar-refractivity contribution is -0.128. The molecule has 1 aromatic carbocycles. The van der Waals surface area contributed by atoms with Gasteiger partial charge < -0.3 is 14.2 Å². The highest BCUT2D eigenvalue weighted by atomic mass is 32.2. The number of furan rings is 1. The molecule has 1 amide bonds. The molecule has 1 aliphatic heterocycles. The number of nitrogens with zero attached hydrogens (tertiary/aromatic N) is 6. The Balaban J connectivity index is 1.27. The maximum Gasteiger partial charge on any atom is 0.233 e. The highest BCUT2D eigenvalue weighted by molar-refractivity contribution is 7.99. The fourth-order valence-corrected chi connectivity index (χ4v) is 4.54. The molecule has 1 saturated heterocycles. The van der Waals surface area contributed by atoms with Gasteiger partial charge in [-0.15, -0.1) is 10.2 Å². The van der Waals surface area contributed by atoms with E-state index in [-0.39, 0.29) is 5.91 Å². The molecule has 5 rings (SSSR count). The second kappa shape index (κ2) is 9.27. The van der Waals surface area contributed by atoms with Gasteiger partial charge >= 0.3 is 0 Å². The lowest BCUT2D eigenvalue weighted by atomic mass is 10.3. The van der Waals surface area contributed by atoms with Gasteiger partial charge in [-0.25, -0.2) is 4.98 Å². The summed E-state index contributed by atoms with van der Waals surface area (Å²) >= 11 is 1.39. The smallest absolute Gasteiger partial charge is 0.233 e. The van der Waals surface area contributed by atoms with Crippen LogP contribution in [0.15, 0.2) is 82.7 Å². The number of carbonyl (C=O) groups is 1. The van der Waals surface area contributed by atoms with Crippen molar-refractivity contribution in [3.8, 4) is 17.3 Å². The molecule has 32 heavy (non-hydrogen) atoms. The molecule has 4 aromatic rings. The van der Waals surface area contributed by atoms with Crippen LogP contribution in [0.25, 0.3) is 17.3 Å². The van der Waals surface area contributed by atoms with Crippen LogP contribution in [0.4, 0.5) is 5.82 Å². The quantitative estimate of drug-likeness (QED) is 0.420. The summed E-state index contributed by atoms with van der Waals surface area (Å²) in [6.45, 7) is 2.91. The topological polar surface area (TPSA) is 80.3 Å². The van der Waals surface area contributed by atoms with Gasteiger partial charge in [0.2, 0.25) is 11.7 Å². The van der Waals surface area contributed by atoms with E-state index < -0.39 is 0 Å². The Morgan fingerprint density at radius 3 is 2.47 bits per heavy atom. The van der Waals surface area contributed by atoms with Crippen LogP contribution in [0.3, 0.4) is 0 Å². The molecule has 1 fully saturated rings. The van der Waals surface area contributed by atoms with Crippen LogP contribution in [0.2, 0.25) is 0 Å². The van der Waals surface area contributed by atoms with Gasteiger partial charge in [0.25, 0.3) is 0 Å². The van der Waals surface area contributed by atoms with Gasteiger partial charge in [0, 0.05) is 38.1 Å². The largest absolute Gasteiger partial charge is 0.461 e. The molecular formula is C23H22N6O2S. The number of anilines is 1.